The number of ether oxygens (including phenoxy) is 2. The number of nitrogens with zero attached hydrogens (tertiary/aromatic N) is 1. The smallest absolute Gasteiger partial charge is 0.421 e. The second kappa shape index (κ2) is 5.38. The van der Waals surface area contributed by atoms with E-state index < -0.39 is 23.2 Å². The molecular formula is C15H12F4N2O2. The molecule has 0 saturated carbocycles. The van der Waals surface area contributed by atoms with E-state index in [1.165, 1.54) is 12.3 Å². The Balaban J connectivity index is 2.07. The van der Waals surface area contributed by atoms with Crippen LogP contribution in [-0.4, -0.2) is 17.8 Å². The monoisotopic (exact) mass is 328 g/mol. The summed E-state index contributed by atoms with van der Waals surface area (Å²) < 4.78 is 64.0. The molecule has 2 N–H and O–H groups in total. The number of alkyl halides is 3. The number of aromatic nitrogens is 1. The Bertz CT molecular complexity index is 730. The minimum atomic E-state index is -4.70. The molecule has 3 rings (SSSR count). The number of hydrogen-bond donors (Lipinski definition) is 1. The molecule has 1 saturated heterocycles. The number of hydrogen-bond acceptors (Lipinski definition) is 4. The highest BCUT2D eigenvalue weighted by atomic mass is 19.4. The van der Waals surface area contributed by atoms with Crippen LogP contribution >= 0.6 is 0 Å². The van der Waals surface area contributed by atoms with Crippen molar-refractivity contribution < 1.29 is 27.0 Å². The normalized spacial score (nSPS) is 20.9. The summed E-state index contributed by atoms with van der Waals surface area (Å²) in [5.74, 6) is -1.08. The molecule has 1 aromatic heterocycles. The summed E-state index contributed by atoms with van der Waals surface area (Å²) in [6, 6.07) is 5.92. The number of pyridine rings is 1. The lowest BCUT2D eigenvalue weighted by atomic mass is 9.85. The molecule has 2 heterocycles. The lowest BCUT2D eigenvalue weighted by molar-refractivity contribution is -0.333. The zero-order valence-corrected chi connectivity index (χ0v) is 11.7. The highest BCUT2D eigenvalue weighted by Crippen LogP contribution is 2.53. The first-order valence-electron chi connectivity index (χ1n) is 6.72. The molecular weight excluding hydrogens is 316 g/mol. The molecule has 0 aliphatic carbocycles. The van der Waals surface area contributed by atoms with E-state index in [9.17, 15) is 17.6 Å². The standard InChI is InChI=1S/C15H12F4N2O2/c16-9-3-4-12(23-13-11(20)2-1-6-21-13)10(8-9)14(5-7-22-14)15(17,18)19/h1-4,6,8H,5,7,20H2. The molecule has 1 aliphatic rings. The zero-order valence-electron chi connectivity index (χ0n) is 11.7. The van der Waals surface area contributed by atoms with Crippen molar-refractivity contribution in [2.24, 2.45) is 0 Å². The predicted octanol–water partition coefficient (Wildman–Crippen LogP) is 3.77. The summed E-state index contributed by atoms with van der Waals surface area (Å²) in [6.07, 6.45) is -3.63. The fourth-order valence-corrected chi connectivity index (χ4v) is 2.39. The Morgan fingerprint density at radius 2 is 2.00 bits per heavy atom. The average Bonchev–Trinajstić information content (AvgIpc) is 2.41. The molecule has 1 unspecified atom stereocenters. The fraction of sp³-hybridized carbons (Fsp3) is 0.267. The maximum Gasteiger partial charge on any atom is 0.421 e. The van der Waals surface area contributed by atoms with E-state index in [0.717, 1.165) is 18.2 Å². The quantitative estimate of drug-likeness (QED) is 0.871. The van der Waals surface area contributed by atoms with Gasteiger partial charge >= 0.3 is 6.18 Å². The Hall–Kier alpha value is -2.35. The first-order chi connectivity index (χ1) is 10.8. The molecule has 0 spiro atoms. The summed E-state index contributed by atoms with van der Waals surface area (Å²) in [5, 5.41) is 0. The zero-order chi connectivity index (χ0) is 16.7. The van der Waals surface area contributed by atoms with Crippen molar-refractivity contribution in [3.05, 3.63) is 47.9 Å². The first kappa shape index (κ1) is 15.5. The Morgan fingerprint density at radius 1 is 1.26 bits per heavy atom. The highest BCUT2D eigenvalue weighted by Gasteiger charge is 2.62. The largest absolute Gasteiger partial charge is 0.437 e. The summed E-state index contributed by atoms with van der Waals surface area (Å²) in [6.45, 7) is -0.0683. The molecule has 1 aliphatic heterocycles. The van der Waals surface area contributed by atoms with E-state index in [1.54, 1.807) is 6.07 Å². The molecule has 1 fully saturated rings. The molecule has 0 radical (unpaired) electrons. The number of benzene rings is 1. The number of nitrogen functional groups attached to an aromatic ring is 1. The van der Waals surface area contributed by atoms with Gasteiger partial charge in [-0.25, -0.2) is 9.37 Å². The summed E-state index contributed by atoms with van der Waals surface area (Å²) in [7, 11) is 0. The van der Waals surface area contributed by atoms with E-state index in [-0.39, 0.29) is 30.3 Å². The van der Waals surface area contributed by atoms with Crippen molar-refractivity contribution in [1.29, 1.82) is 0 Å². The van der Waals surface area contributed by atoms with Gasteiger partial charge in [-0.1, -0.05) is 0 Å². The van der Waals surface area contributed by atoms with Crippen LogP contribution in [0.5, 0.6) is 11.6 Å². The van der Waals surface area contributed by atoms with E-state index in [0.29, 0.717) is 0 Å². The maximum atomic E-state index is 13.5. The van der Waals surface area contributed by atoms with Crippen molar-refractivity contribution in [3.8, 4) is 11.6 Å². The third kappa shape index (κ3) is 2.59. The third-order valence-corrected chi connectivity index (χ3v) is 3.64. The first-order valence-corrected chi connectivity index (χ1v) is 6.72. The molecule has 8 heteroatoms. The Kier molecular flexibility index (Phi) is 3.63. The molecule has 0 amide bonds. The number of nitrogens with two attached hydrogens (primary N) is 1. The van der Waals surface area contributed by atoms with Crippen LogP contribution in [-0.2, 0) is 10.3 Å². The van der Waals surface area contributed by atoms with Crippen molar-refractivity contribution in [2.75, 3.05) is 12.3 Å². The SMILES string of the molecule is Nc1cccnc1Oc1ccc(F)cc1C1(C(F)(F)F)CCO1. The summed E-state index contributed by atoms with van der Waals surface area (Å²) >= 11 is 0. The van der Waals surface area contributed by atoms with Gasteiger partial charge in [-0.3, -0.25) is 0 Å². The second-order valence-corrected chi connectivity index (χ2v) is 5.06. The average molecular weight is 328 g/mol. The number of halogens is 4. The minimum absolute atomic E-state index is 0.0583. The van der Waals surface area contributed by atoms with Crippen molar-refractivity contribution in [2.45, 2.75) is 18.2 Å². The van der Waals surface area contributed by atoms with Gasteiger partial charge in [0.2, 0.25) is 5.88 Å². The second-order valence-electron chi connectivity index (χ2n) is 5.06. The molecule has 23 heavy (non-hydrogen) atoms. The maximum absolute atomic E-state index is 13.5. The van der Waals surface area contributed by atoms with Gasteiger partial charge in [-0.2, -0.15) is 13.2 Å². The van der Waals surface area contributed by atoms with Crippen molar-refractivity contribution in [3.63, 3.8) is 0 Å². The molecule has 122 valence electrons. The lowest BCUT2D eigenvalue weighted by Crippen LogP contribution is -2.52. The Labute approximate surface area is 128 Å². The van der Waals surface area contributed by atoms with Gasteiger partial charge in [0, 0.05) is 18.2 Å². The van der Waals surface area contributed by atoms with Crippen LogP contribution in [0.1, 0.15) is 12.0 Å². The van der Waals surface area contributed by atoms with Gasteiger partial charge in [-0.05, 0) is 30.3 Å². The molecule has 1 aromatic carbocycles. The summed E-state index contributed by atoms with van der Waals surface area (Å²) in [4.78, 5) is 3.86. The number of anilines is 1. The van der Waals surface area contributed by atoms with Gasteiger partial charge in [0.05, 0.1) is 12.3 Å². The lowest BCUT2D eigenvalue weighted by Gasteiger charge is -2.43. The third-order valence-electron chi connectivity index (χ3n) is 3.64. The van der Waals surface area contributed by atoms with Gasteiger partial charge in [0.15, 0.2) is 5.60 Å². The van der Waals surface area contributed by atoms with E-state index in [1.807, 2.05) is 0 Å². The van der Waals surface area contributed by atoms with Crippen LogP contribution in [0.4, 0.5) is 23.2 Å². The fourth-order valence-electron chi connectivity index (χ4n) is 2.39. The van der Waals surface area contributed by atoms with E-state index in [2.05, 4.69) is 4.98 Å². The minimum Gasteiger partial charge on any atom is -0.437 e. The van der Waals surface area contributed by atoms with Gasteiger partial charge in [0.25, 0.3) is 0 Å². The molecule has 0 bridgehead atoms. The van der Waals surface area contributed by atoms with Gasteiger partial charge in [0.1, 0.15) is 11.6 Å². The topological polar surface area (TPSA) is 57.4 Å². The predicted molar refractivity (Wildman–Crippen MR) is 73.4 cm³/mol. The van der Waals surface area contributed by atoms with Crippen LogP contribution in [0.15, 0.2) is 36.5 Å². The van der Waals surface area contributed by atoms with Crippen LogP contribution in [0.2, 0.25) is 0 Å². The van der Waals surface area contributed by atoms with E-state index >= 15 is 0 Å². The Morgan fingerprint density at radius 3 is 2.57 bits per heavy atom. The molecule has 4 nitrogen and oxygen atoms in total. The molecule has 2 aromatic rings. The van der Waals surface area contributed by atoms with Crippen molar-refractivity contribution >= 4 is 5.69 Å². The van der Waals surface area contributed by atoms with Crippen LogP contribution in [0.3, 0.4) is 0 Å². The molecule has 1 atom stereocenters. The van der Waals surface area contributed by atoms with Crippen LogP contribution in [0, 0.1) is 5.82 Å². The van der Waals surface area contributed by atoms with Crippen LogP contribution < -0.4 is 10.5 Å². The number of rotatable bonds is 3. The van der Waals surface area contributed by atoms with E-state index in [4.69, 9.17) is 15.2 Å². The van der Waals surface area contributed by atoms with Crippen molar-refractivity contribution in [1.82, 2.24) is 4.98 Å². The summed E-state index contributed by atoms with van der Waals surface area (Å²) in [5.41, 5.74) is 2.82. The highest BCUT2D eigenvalue weighted by molar-refractivity contribution is 5.51. The van der Waals surface area contributed by atoms with Gasteiger partial charge in [-0.15, -0.1) is 0 Å². The van der Waals surface area contributed by atoms with Gasteiger partial charge < -0.3 is 15.2 Å². The van der Waals surface area contributed by atoms with Crippen LogP contribution in [0.25, 0.3) is 0 Å².